The third kappa shape index (κ3) is 2.73. The van der Waals surface area contributed by atoms with E-state index in [4.69, 9.17) is 4.98 Å². The lowest BCUT2D eigenvalue weighted by Gasteiger charge is -2.43. The standard InChI is InChI=1S/C16H28N2S/c1-11-7-8-12(2)16(9-11,17-6)14-18-13(10-19-14)15(3,4)5/h10-12,17H,7-9H2,1-6H3. The molecule has 19 heavy (non-hydrogen) atoms. The largest absolute Gasteiger partial charge is 0.308 e. The van der Waals surface area contributed by atoms with E-state index in [-0.39, 0.29) is 11.0 Å². The Bertz CT molecular complexity index is 432. The van der Waals surface area contributed by atoms with Crippen LogP contribution in [0.1, 0.15) is 64.6 Å². The second kappa shape index (κ2) is 5.17. The van der Waals surface area contributed by atoms with Crippen LogP contribution in [0.25, 0.3) is 0 Å². The highest BCUT2D eigenvalue weighted by Crippen LogP contribution is 2.45. The minimum absolute atomic E-state index is 0.0891. The summed E-state index contributed by atoms with van der Waals surface area (Å²) in [7, 11) is 2.10. The molecule has 0 aliphatic heterocycles. The molecule has 3 atom stereocenters. The molecule has 1 aromatic rings. The molecule has 1 heterocycles. The summed E-state index contributed by atoms with van der Waals surface area (Å²) in [5.41, 5.74) is 1.46. The van der Waals surface area contributed by atoms with Gasteiger partial charge in [-0.05, 0) is 31.7 Å². The molecule has 0 bridgehead atoms. The maximum absolute atomic E-state index is 4.99. The van der Waals surface area contributed by atoms with Gasteiger partial charge in [0.05, 0.1) is 11.2 Å². The Balaban J connectivity index is 2.38. The van der Waals surface area contributed by atoms with E-state index < -0.39 is 0 Å². The molecule has 1 aliphatic carbocycles. The molecular weight excluding hydrogens is 252 g/mol. The van der Waals surface area contributed by atoms with Gasteiger partial charge in [-0.3, -0.25) is 0 Å². The van der Waals surface area contributed by atoms with Gasteiger partial charge in [-0.25, -0.2) is 4.98 Å². The second-order valence-electron chi connectivity index (χ2n) is 7.30. The smallest absolute Gasteiger partial charge is 0.113 e. The fraction of sp³-hybridized carbons (Fsp3) is 0.812. The molecule has 0 saturated heterocycles. The lowest BCUT2D eigenvalue weighted by atomic mass is 9.70. The maximum Gasteiger partial charge on any atom is 0.113 e. The van der Waals surface area contributed by atoms with Crippen molar-refractivity contribution in [2.45, 2.75) is 64.8 Å². The first kappa shape index (κ1) is 15.0. The van der Waals surface area contributed by atoms with Crippen LogP contribution in [0.3, 0.4) is 0 Å². The van der Waals surface area contributed by atoms with Crippen molar-refractivity contribution in [2.24, 2.45) is 11.8 Å². The lowest BCUT2D eigenvalue weighted by Crippen LogP contribution is -2.49. The highest BCUT2D eigenvalue weighted by atomic mass is 32.1. The fourth-order valence-corrected chi connectivity index (χ4v) is 4.59. The Morgan fingerprint density at radius 3 is 2.53 bits per heavy atom. The van der Waals surface area contributed by atoms with Crippen molar-refractivity contribution in [2.75, 3.05) is 7.05 Å². The molecule has 0 aromatic carbocycles. The summed E-state index contributed by atoms with van der Waals surface area (Å²) in [5.74, 6) is 1.44. The van der Waals surface area contributed by atoms with E-state index in [9.17, 15) is 0 Å². The zero-order valence-corrected chi connectivity index (χ0v) is 14.0. The highest BCUT2D eigenvalue weighted by molar-refractivity contribution is 7.09. The molecule has 0 amide bonds. The first-order valence-corrected chi connectivity index (χ1v) is 8.33. The van der Waals surface area contributed by atoms with Crippen LogP contribution in [0.2, 0.25) is 0 Å². The van der Waals surface area contributed by atoms with Gasteiger partial charge < -0.3 is 5.32 Å². The first-order valence-electron chi connectivity index (χ1n) is 7.45. The summed E-state index contributed by atoms with van der Waals surface area (Å²) >= 11 is 1.84. The minimum atomic E-state index is 0.0891. The summed E-state index contributed by atoms with van der Waals surface area (Å²) in [6.07, 6.45) is 3.86. The molecule has 0 spiro atoms. The monoisotopic (exact) mass is 280 g/mol. The number of aromatic nitrogens is 1. The van der Waals surface area contributed by atoms with Crippen LogP contribution in [0.4, 0.5) is 0 Å². The summed E-state index contributed by atoms with van der Waals surface area (Å²) in [4.78, 5) is 4.99. The van der Waals surface area contributed by atoms with Crippen LogP contribution in [-0.4, -0.2) is 12.0 Å². The number of nitrogens with zero attached hydrogens (tertiary/aromatic N) is 1. The summed E-state index contributed by atoms with van der Waals surface area (Å²) in [6.45, 7) is 11.5. The van der Waals surface area contributed by atoms with Crippen LogP contribution in [0.5, 0.6) is 0 Å². The van der Waals surface area contributed by atoms with Crippen LogP contribution >= 0.6 is 11.3 Å². The minimum Gasteiger partial charge on any atom is -0.308 e. The van der Waals surface area contributed by atoms with Crippen molar-refractivity contribution in [3.63, 3.8) is 0 Å². The molecular formula is C16H28N2S. The average Bonchev–Trinajstić information content (AvgIpc) is 2.82. The molecule has 1 saturated carbocycles. The van der Waals surface area contributed by atoms with E-state index >= 15 is 0 Å². The van der Waals surface area contributed by atoms with Crippen molar-refractivity contribution in [1.82, 2.24) is 10.3 Å². The Labute approximate surface area is 122 Å². The van der Waals surface area contributed by atoms with Crippen LogP contribution in [-0.2, 0) is 11.0 Å². The van der Waals surface area contributed by atoms with Gasteiger partial charge in [0.15, 0.2) is 0 Å². The maximum atomic E-state index is 4.99. The van der Waals surface area contributed by atoms with Gasteiger partial charge >= 0.3 is 0 Å². The van der Waals surface area contributed by atoms with Crippen molar-refractivity contribution < 1.29 is 0 Å². The molecule has 1 N–H and O–H groups in total. The van der Waals surface area contributed by atoms with E-state index in [0.717, 1.165) is 5.92 Å². The third-order valence-corrected chi connectivity index (χ3v) is 5.72. The zero-order valence-electron chi connectivity index (χ0n) is 13.2. The molecule has 1 fully saturated rings. The number of nitrogens with one attached hydrogen (secondary N) is 1. The van der Waals surface area contributed by atoms with Crippen LogP contribution < -0.4 is 5.32 Å². The lowest BCUT2D eigenvalue weighted by molar-refractivity contribution is 0.127. The fourth-order valence-electron chi connectivity index (χ4n) is 3.21. The number of rotatable bonds is 2. The van der Waals surface area contributed by atoms with E-state index in [2.05, 4.69) is 52.4 Å². The van der Waals surface area contributed by atoms with Gasteiger partial charge in [-0.1, -0.05) is 41.0 Å². The summed E-state index contributed by atoms with van der Waals surface area (Å²) in [5, 5.41) is 7.17. The Morgan fingerprint density at radius 2 is 2.00 bits per heavy atom. The van der Waals surface area contributed by atoms with Gasteiger partial charge in [0.2, 0.25) is 0 Å². The SMILES string of the molecule is CNC1(c2nc(C(C)(C)C)cs2)CC(C)CCC1C. The topological polar surface area (TPSA) is 24.9 Å². The van der Waals surface area contributed by atoms with Gasteiger partial charge in [-0.2, -0.15) is 0 Å². The predicted molar refractivity (Wildman–Crippen MR) is 83.7 cm³/mol. The van der Waals surface area contributed by atoms with Gasteiger partial charge in [0, 0.05) is 10.8 Å². The normalized spacial score (nSPS) is 32.5. The molecule has 2 nitrogen and oxygen atoms in total. The van der Waals surface area contributed by atoms with Crippen LogP contribution in [0.15, 0.2) is 5.38 Å². The Kier molecular flexibility index (Phi) is 4.08. The Hall–Kier alpha value is -0.410. The summed E-state index contributed by atoms with van der Waals surface area (Å²) in [6, 6.07) is 0. The molecule has 3 unspecified atom stereocenters. The van der Waals surface area contributed by atoms with E-state index in [1.54, 1.807) is 0 Å². The average molecular weight is 280 g/mol. The molecule has 1 aliphatic rings. The van der Waals surface area contributed by atoms with Crippen molar-refractivity contribution in [3.05, 3.63) is 16.1 Å². The van der Waals surface area contributed by atoms with Crippen molar-refractivity contribution in [3.8, 4) is 0 Å². The van der Waals surface area contributed by atoms with Gasteiger partial charge in [-0.15, -0.1) is 11.3 Å². The number of hydrogen-bond donors (Lipinski definition) is 1. The van der Waals surface area contributed by atoms with Crippen molar-refractivity contribution in [1.29, 1.82) is 0 Å². The number of thiazole rings is 1. The van der Waals surface area contributed by atoms with Gasteiger partial charge in [0.25, 0.3) is 0 Å². The molecule has 0 radical (unpaired) electrons. The molecule has 1 aromatic heterocycles. The highest BCUT2D eigenvalue weighted by Gasteiger charge is 2.43. The summed E-state index contributed by atoms with van der Waals surface area (Å²) < 4.78 is 0. The third-order valence-electron chi connectivity index (χ3n) is 4.70. The second-order valence-corrected chi connectivity index (χ2v) is 8.16. The van der Waals surface area contributed by atoms with E-state index in [0.29, 0.717) is 5.92 Å². The predicted octanol–water partition coefficient (Wildman–Crippen LogP) is 4.31. The molecule has 3 heteroatoms. The van der Waals surface area contributed by atoms with E-state index in [1.165, 1.54) is 30.0 Å². The first-order chi connectivity index (χ1) is 8.79. The van der Waals surface area contributed by atoms with Crippen LogP contribution in [0, 0.1) is 11.8 Å². The number of hydrogen-bond acceptors (Lipinski definition) is 3. The Morgan fingerprint density at radius 1 is 1.32 bits per heavy atom. The zero-order chi connectivity index (χ0) is 14.3. The molecule has 2 rings (SSSR count). The molecule has 108 valence electrons. The van der Waals surface area contributed by atoms with Crippen molar-refractivity contribution >= 4 is 11.3 Å². The quantitative estimate of drug-likeness (QED) is 0.873. The van der Waals surface area contributed by atoms with Gasteiger partial charge in [0.1, 0.15) is 5.01 Å². The van der Waals surface area contributed by atoms with E-state index in [1.807, 2.05) is 11.3 Å².